The maximum atomic E-state index is 13.5. The lowest BCUT2D eigenvalue weighted by Crippen LogP contribution is -2.32. The Hall–Kier alpha value is -3.27. The van der Waals surface area contributed by atoms with Crippen LogP contribution in [0.3, 0.4) is 0 Å². The highest BCUT2D eigenvalue weighted by Gasteiger charge is 2.33. The van der Waals surface area contributed by atoms with Gasteiger partial charge in [0, 0.05) is 17.9 Å². The average molecular weight is 423 g/mol. The van der Waals surface area contributed by atoms with Crippen LogP contribution in [0.1, 0.15) is 17.3 Å². The Balaban J connectivity index is 1.81. The first-order valence-corrected chi connectivity index (χ1v) is 9.03. The van der Waals surface area contributed by atoms with Gasteiger partial charge in [-0.25, -0.2) is 13.8 Å². The van der Waals surface area contributed by atoms with Crippen molar-refractivity contribution in [2.75, 3.05) is 10.6 Å². The molecule has 0 aliphatic heterocycles. The minimum absolute atomic E-state index is 0.178. The predicted octanol–water partition coefficient (Wildman–Crippen LogP) is 4.93. The van der Waals surface area contributed by atoms with Crippen LogP contribution in [0, 0.1) is 11.6 Å². The van der Waals surface area contributed by atoms with Gasteiger partial charge < -0.3 is 5.32 Å². The van der Waals surface area contributed by atoms with E-state index in [9.17, 15) is 27.2 Å². The number of hydrogen-bond donors (Lipinski definition) is 2. The molecule has 0 aliphatic carbocycles. The van der Waals surface area contributed by atoms with E-state index in [-0.39, 0.29) is 10.7 Å². The molecule has 1 heterocycles. The van der Waals surface area contributed by atoms with Gasteiger partial charge in [0.1, 0.15) is 11.6 Å². The molecule has 10 heteroatoms. The Kier molecular flexibility index (Phi) is 5.64. The molecule has 0 unspecified atom stereocenters. The van der Waals surface area contributed by atoms with E-state index >= 15 is 0 Å². The standard InChI is InChI=1S/C19H13F4N3O2S/c1-19(22,23)17(28)24-14-8-12(21)6-7-13(14)16(27)26-18-25-15(9-29-18)10-2-4-11(20)5-3-10/h2-9H,1H3,(H,24,28)(H,25,26,27). The van der Waals surface area contributed by atoms with E-state index in [4.69, 9.17) is 0 Å². The largest absolute Gasteiger partial charge is 0.322 e. The van der Waals surface area contributed by atoms with Crippen LogP contribution in [0.2, 0.25) is 0 Å². The van der Waals surface area contributed by atoms with Crippen LogP contribution in [-0.4, -0.2) is 22.7 Å². The molecule has 0 fully saturated rings. The summed E-state index contributed by atoms with van der Waals surface area (Å²) in [6, 6.07) is 8.37. The molecule has 0 bridgehead atoms. The second kappa shape index (κ2) is 8.00. The van der Waals surface area contributed by atoms with Gasteiger partial charge in [0.15, 0.2) is 5.13 Å². The SMILES string of the molecule is CC(F)(F)C(=O)Nc1cc(F)ccc1C(=O)Nc1nc(-c2ccc(F)cc2)cs1. The van der Waals surface area contributed by atoms with Gasteiger partial charge in [0.05, 0.1) is 16.9 Å². The van der Waals surface area contributed by atoms with Crippen molar-refractivity contribution in [2.45, 2.75) is 12.8 Å². The molecule has 0 radical (unpaired) electrons. The van der Waals surface area contributed by atoms with Crippen LogP contribution in [0.4, 0.5) is 28.4 Å². The molecule has 0 atom stereocenters. The molecule has 2 N–H and O–H groups in total. The van der Waals surface area contributed by atoms with E-state index in [0.717, 1.165) is 29.5 Å². The molecule has 1 aromatic heterocycles. The first kappa shape index (κ1) is 20.5. The van der Waals surface area contributed by atoms with Gasteiger partial charge in [-0.15, -0.1) is 11.3 Å². The van der Waals surface area contributed by atoms with Gasteiger partial charge in [-0.1, -0.05) is 0 Å². The van der Waals surface area contributed by atoms with Gasteiger partial charge in [-0.2, -0.15) is 8.78 Å². The highest BCUT2D eigenvalue weighted by Crippen LogP contribution is 2.27. The van der Waals surface area contributed by atoms with Gasteiger partial charge in [0.25, 0.3) is 11.8 Å². The summed E-state index contributed by atoms with van der Waals surface area (Å²) in [7, 11) is 0. The fraction of sp³-hybridized carbons (Fsp3) is 0.105. The second-order valence-corrected chi connectivity index (χ2v) is 6.89. The van der Waals surface area contributed by atoms with Crippen molar-refractivity contribution < 1.29 is 27.2 Å². The summed E-state index contributed by atoms with van der Waals surface area (Å²) in [4.78, 5) is 28.2. The number of alkyl halides is 2. The smallest absolute Gasteiger partial charge is 0.320 e. The molecule has 2 amide bonds. The number of halogens is 4. The fourth-order valence-electron chi connectivity index (χ4n) is 2.30. The summed E-state index contributed by atoms with van der Waals surface area (Å²) < 4.78 is 52.8. The van der Waals surface area contributed by atoms with E-state index in [0.29, 0.717) is 18.2 Å². The minimum Gasteiger partial charge on any atom is -0.320 e. The Morgan fingerprint density at radius 1 is 1.00 bits per heavy atom. The predicted molar refractivity (Wildman–Crippen MR) is 101 cm³/mol. The second-order valence-electron chi connectivity index (χ2n) is 6.03. The number of hydrogen-bond acceptors (Lipinski definition) is 4. The maximum Gasteiger partial charge on any atom is 0.322 e. The number of thiazole rings is 1. The lowest BCUT2D eigenvalue weighted by molar-refractivity contribution is -0.137. The highest BCUT2D eigenvalue weighted by molar-refractivity contribution is 7.14. The van der Waals surface area contributed by atoms with Crippen molar-refractivity contribution in [1.82, 2.24) is 4.98 Å². The normalized spacial score (nSPS) is 11.2. The zero-order valence-corrected chi connectivity index (χ0v) is 15.6. The molecule has 5 nitrogen and oxygen atoms in total. The molecule has 2 aromatic carbocycles. The van der Waals surface area contributed by atoms with Gasteiger partial charge in [0.2, 0.25) is 0 Å². The molecule has 150 valence electrons. The number of benzene rings is 2. The van der Waals surface area contributed by atoms with Crippen LogP contribution < -0.4 is 10.6 Å². The Morgan fingerprint density at radius 3 is 2.31 bits per heavy atom. The first-order chi connectivity index (χ1) is 13.6. The number of carbonyl (C=O) groups is 2. The molecule has 0 spiro atoms. The number of aromatic nitrogens is 1. The zero-order valence-electron chi connectivity index (χ0n) is 14.8. The van der Waals surface area contributed by atoms with E-state index < -0.39 is 35.1 Å². The van der Waals surface area contributed by atoms with Crippen LogP contribution in [0.5, 0.6) is 0 Å². The molecule has 3 rings (SSSR count). The number of amides is 2. The highest BCUT2D eigenvalue weighted by atomic mass is 32.1. The molecule has 0 saturated heterocycles. The lowest BCUT2D eigenvalue weighted by atomic mass is 10.1. The van der Waals surface area contributed by atoms with Crippen molar-refractivity contribution in [2.24, 2.45) is 0 Å². The Labute approximate surface area is 166 Å². The number of nitrogens with one attached hydrogen (secondary N) is 2. The van der Waals surface area contributed by atoms with Gasteiger partial charge in [-0.05, 0) is 42.5 Å². The number of rotatable bonds is 5. The monoisotopic (exact) mass is 423 g/mol. The first-order valence-electron chi connectivity index (χ1n) is 8.15. The molecular weight excluding hydrogens is 410 g/mol. The van der Waals surface area contributed by atoms with Crippen molar-refractivity contribution >= 4 is 34.0 Å². The van der Waals surface area contributed by atoms with Gasteiger partial charge >= 0.3 is 5.92 Å². The van der Waals surface area contributed by atoms with Crippen molar-refractivity contribution in [3.8, 4) is 11.3 Å². The third-order valence-corrected chi connectivity index (χ3v) is 4.50. The number of anilines is 2. The maximum absolute atomic E-state index is 13.5. The van der Waals surface area contributed by atoms with Crippen LogP contribution in [-0.2, 0) is 4.79 Å². The summed E-state index contributed by atoms with van der Waals surface area (Å²) in [6.45, 7) is 0.383. The molecule has 29 heavy (non-hydrogen) atoms. The third-order valence-electron chi connectivity index (χ3n) is 3.74. The molecule has 0 aliphatic rings. The van der Waals surface area contributed by atoms with E-state index in [1.54, 1.807) is 5.38 Å². The van der Waals surface area contributed by atoms with Gasteiger partial charge in [-0.3, -0.25) is 14.9 Å². The topological polar surface area (TPSA) is 71.1 Å². The number of nitrogens with zero attached hydrogens (tertiary/aromatic N) is 1. The summed E-state index contributed by atoms with van der Waals surface area (Å²) >= 11 is 1.08. The van der Waals surface area contributed by atoms with Crippen LogP contribution in [0.25, 0.3) is 11.3 Å². The Morgan fingerprint density at radius 2 is 1.66 bits per heavy atom. The van der Waals surface area contributed by atoms with Crippen molar-refractivity contribution in [3.63, 3.8) is 0 Å². The minimum atomic E-state index is -3.71. The Bertz CT molecular complexity index is 1060. The fourth-order valence-corrected chi connectivity index (χ4v) is 3.01. The summed E-state index contributed by atoms with van der Waals surface area (Å²) in [6.07, 6.45) is 0. The van der Waals surface area contributed by atoms with Crippen LogP contribution >= 0.6 is 11.3 Å². The molecular formula is C19H13F4N3O2S. The third kappa shape index (κ3) is 4.96. The summed E-state index contributed by atoms with van der Waals surface area (Å²) in [5, 5.41) is 6.13. The van der Waals surface area contributed by atoms with Crippen LogP contribution in [0.15, 0.2) is 47.8 Å². The van der Waals surface area contributed by atoms with E-state index in [1.165, 1.54) is 24.3 Å². The summed E-state index contributed by atoms with van der Waals surface area (Å²) in [5.74, 6) is -7.38. The average Bonchev–Trinajstić information content (AvgIpc) is 3.10. The van der Waals surface area contributed by atoms with E-state index in [1.807, 2.05) is 5.32 Å². The lowest BCUT2D eigenvalue weighted by Gasteiger charge is -2.14. The number of carbonyl (C=O) groups excluding carboxylic acids is 2. The summed E-state index contributed by atoms with van der Waals surface area (Å²) in [5.41, 5.74) is 0.499. The zero-order chi connectivity index (χ0) is 21.2. The molecule has 3 aromatic rings. The van der Waals surface area contributed by atoms with Crippen molar-refractivity contribution in [3.05, 3.63) is 65.0 Å². The molecule has 0 saturated carbocycles. The van der Waals surface area contributed by atoms with Crippen molar-refractivity contribution in [1.29, 1.82) is 0 Å². The van der Waals surface area contributed by atoms with E-state index in [2.05, 4.69) is 10.3 Å². The quantitative estimate of drug-likeness (QED) is 0.572.